The smallest absolute Gasteiger partial charge is 0.270 e. The topological polar surface area (TPSA) is 108 Å². The van der Waals surface area contributed by atoms with E-state index in [1.165, 1.54) is 0 Å². The molecule has 0 spiro atoms. The average Bonchev–Trinajstić information content (AvgIpc) is 2.77. The molecule has 0 atom stereocenters. The highest BCUT2D eigenvalue weighted by atomic mass is 32.2. The number of ether oxygens (including phenoxy) is 1. The van der Waals surface area contributed by atoms with Crippen molar-refractivity contribution in [1.29, 1.82) is 5.26 Å². The first-order valence-corrected chi connectivity index (χ1v) is 10.9. The Kier molecular flexibility index (Phi) is 7.01. The van der Waals surface area contributed by atoms with Gasteiger partial charge in [0.1, 0.15) is 17.4 Å². The van der Waals surface area contributed by atoms with E-state index >= 15 is 0 Å². The number of H-pyrrole nitrogens is 1. The number of hydrogen-bond acceptors (Lipinski definition) is 6. The van der Waals surface area contributed by atoms with E-state index in [0.29, 0.717) is 22.7 Å². The van der Waals surface area contributed by atoms with Gasteiger partial charge >= 0.3 is 0 Å². The van der Waals surface area contributed by atoms with Crippen LogP contribution in [-0.4, -0.2) is 28.7 Å². The zero-order valence-corrected chi connectivity index (χ0v) is 19.2. The van der Waals surface area contributed by atoms with E-state index in [1.54, 1.807) is 31.4 Å². The Bertz CT molecular complexity index is 1200. The number of nitrogens with one attached hydrogen (secondary N) is 2. The summed E-state index contributed by atoms with van der Waals surface area (Å²) in [5.41, 5.74) is 2.14. The summed E-state index contributed by atoms with van der Waals surface area (Å²) in [5, 5.41) is 12.5. The summed E-state index contributed by atoms with van der Waals surface area (Å²) in [5.74, 6) is 0.492. The van der Waals surface area contributed by atoms with Crippen molar-refractivity contribution in [2.45, 2.75) is 31.3 Å². The number of aromatic amines is 1. The van der Waals surface area contributed by atoms with Gasteiger partial charge in [-0.15, -0.1) is 0 Å². The van der Waals surface area contributed by atoms with Gasteiger partial charge in [-0.25, -0.2) is 4.98 Å². The quantitative estimate of drug-likeness (QED) is 0.429. The van der Waals surface area contributed by atoms with Crippen LogP contribution in [0.25, 0.3) is 11.3 Å². The fourth-order valence-electron chi connectivity index (χ4n) is 2.97. The molecule has 0 fully saturated rings. The number of nitriles is 1. The summed E-state index contributed by atoms with van der Waals surface area (Å²) >= 11 is 1.09. The van der Waals surface area contributed by atoms with Crippen LogP contribution < -0.4 is 15.6 Å². The van der Waals surface area contributed by atoms with Crippen LogP contribution in [0.1, 0.15) is 31.9 Å². The van der Waals surface area contributed by atoms with Crippen molar-refractivity contribution in [2.75, 3.05) is 18.2 Å². The van der Waals surface area contributed by atoms with Crippen molar-refractivity contribution in [3.8, 4) is 23.1 Å². The van der Waals surface area contributed by atoms with Gasteiger partial charge in [0, 0.05) is 11.3 Å². The summed E-state index contributed by atoms with van der Waals surface area (Å²) < 4.78 is 5.10. The zero-order chi connectivity index (χ0) is 23.3. The lowest BCUT2D eigenvalue weighted by Gasteiger charge is -2.19. The van der Waals surface area contributed by atoms with Crippen molar-refractivity contribution in [3.63, 3.8) is 0 Å². The lowest BCUT2D eigenvalue weighted by Crippen LogP contribution is -2.17. The number of rotatable bonds is 6. The second-order valence-corrected chi connectivity index (χ2v) is 9.06. The van der Waals surface area contributed by atoms with Gasteiger partial charge < -0.3 is 15.0 Å². The van der Waals surface area contributed by atoms with Crippen LogP contribution in [0.5, 0.6) is 5.75 Å². The number of methoxy groups -OCH3 is 1. The first-order valence-electron chi connectivity index (χ1n) is 9.93. The van der Waals surface area contributed by atoms with Gasteiger partial charge in [0.05, 0.1) is 18.6 Å². The molecule has 0 unspecified atom stereocenters. The molecular weight excluding hydrogens is 424 g/mol. The number of hydrogen-bond donors (Lipinski definition) is 2. The summed E-state index contributed by atoms with van der Waals surface area (Å²) in [6, 6.07) is 16.6. The van der Waals surface area contributed by atoms with E-state index in [9.17, 15) is 14.9 Å². The molecule has 0 saturated carbocycles. The lowest BCUT2D eigenvalue weighted by atomic mass is 9.86. The van der Waals surface area contributed by atoms with Crippen molar-refractivity contribution in [2.24, 2.45) is 0 Å². The number of amides is 1. The molecule has 2 aromatic carbocycles. The minimum Gasteiger partial charge on any atom is -0.497 e. The van der Waals surface area contributed by atoms with Crippen molar-refractivity contribution in [1.82, 2.24) is 9.97 Å². The molecule has 0 bridgehead atoms. The Labute approximate surface area is 190 Å². The van der Waals surface area contributed by atoms with Gasteiger partial charge in [-0.1, -0.05) is 56.8 Å². The van der Waals surface area contributed by atoms with Gasteiger partial charge in [0.15, 0.2) is 5.16 Å². The molecule has 8 heteroatoms. The number of carbonyl (C=O) groups excluding carboxylic acids is 1. The molecule has 0 aliphatic carbocycles. The fraction of sp³-hybridized carbons (Fsp3) is 0.250. The Morgan fingerprint density at radius 1 is 1.16 bits per heavy atom. The van der Waals surface area contributed by atoms with Crippen LogP contribution in [0.15, 0.2) is 58.5 Å². The third kappa shape index (κ3) is 5.56. The van der Waals surface area contributed by atoms with E-state index < -0.39 is 5.56 Å². The monoisotopic (exact) mass is 448 g/mol. The molecular formula is C24H24N4O3S. The fourth-order valence-corrected chi connectivity index (χ4v) is 3.63. The van der Waals surface area contributed by atoms with Gasteiger partial charge in [-0.3, -0.25) is 9.59 Å². The van der Waals surface area contributed by atoms with Crippen molar-refractivity contribution < 1.29 is 9.53 Å². The molecule has 3 rings (SSSR count). The SMILES string of the molecule is COc1ccc(NC(=O)CSc2nc(-c3ccc(C(C)(C)C)cc3)c(C#N)c(=O)[nH]2)cc1. The standard InChI is InChI=1S/C24H24N4O3S/c1-24(2,3)16-7-5-15(6-8-16)21-19(13-25)22(30)28-23(27-21)32-14-20(29)26-17-9-11-18(31-4)12-10-17/h5-12H,14H2,1-4H3,(H,26,29)(H,27,28,30). The third-order valence-corrected chi connectivity index (χ3v) is 5.62. The van der Waals surface area contributed by atoms with E-state index in [-0.39, 0.29) is 27.8 Å². The maximum absolute atomic E-state index is 12.4. The minimum absolute atomic E-state index is 0.0174. The van der Waals surface area contributed by atoms with Crippen LogP contribution in [0.3, 0.4) is 0 Å². The average molecular weight is 449 g/mol. The Balaban J connectivity index is 1.78. The first-order chi connectivity index (χ1) is 15.2. The lowest BCUT2D eigenvalue weighted by molar-refractivity contribution is -0.113. The van der Waals surface area contributed by atoms with Crippen LogP contribution >= 0.6 is 11.8 Å². The summed E-state index contributed by atoms with van der Waals surface area (Å²) in [4.78, 5) is 31.8. The maximum Gasteiger partial charge on any atom is 0.270 e. The molecule has 0 aliphatic heterocycles. The number of anilines is 1. The summed E-state index contributed by atoms with van der Waals surface area (Å²) in [6.07, 6.45) is 0. The van der Waals surface area contributed by atoms with Crippen LogP contribution in [0, 0.1) is 11.3 Å². The van der Waals surface area contributed by atoms with E-state index in [4.69, 9.17) is 4.74 Å². The Morgan fingerprint density at radius 2 is 1.81 bits per heavy atom. The van der Waals surface area contributed by atoms with Gasteiger partial charge in [0.25, 0.3) is 5.56 Å². The molecule has 32 heavy (non-hydrogen) atoms. The Morgan fingerprint density at radius 3 is 2.38 bits per heavy atom. The number of nitrogens with zero attached hydrogens (tertiary/aromatic N) is 2. The molecule has 0 aliphatic rings. The highest BCUT2D eigenvalue weighted by molar-refractivity contribution is 7.99. The first kappa shape index (κ1) is 23.1. The Hall–Kier alpha value is -3.57. The molecule has 0 saturated heterocycles. The normalized spacial score (nSPS) is 11.0. The molecule has 0 radical (unpaired) electrons. The molecule has 7 nitrogen and oxygen atoms in total. The van der Waals surface area contributed by atoms with E-state index in [1.807, 2.05) is 30.3 Å². The number of benzene rings is 2. The predicted octanol–water partition coefficient (Wildman–Crippen LogP) is 4.35. The number of thioether (sulfide) groups is 1. The van der Waals surface area contributed by atoms with E-state index in [2.05, 4.69) is 36.1 Å². The zero-order valence-electron chi connectivity index (χ0n) is 18.4. The van der Waals surface area contributed by atoms with Gasteiger partial charge in [-0.2, -0.15) is 5.26 Å². The molecule has 1 heterocycles. The van der Waals surface area contributed by atoms with Crippen LogP contribution in [0.2, 0.25) is 0 Å². The maximum atomic E-state index is 12.4. The molecule has 1 amide bonds. The predicted molar refractivity (Wildman–Crippen MR) is 126 cm³/mol. The van der Waals surface area contributed by atoms with Crippen molar-refractivity contribution >= 4 is 23.4 Å². The third-order valence-electron chi connectivity index (χ3n) is 4.75. The summed E-state index contributed by atoms with van der Waals surface area (Å²) in [6.45, 7) is 6.33. The highest BCUT2D eigenvalue weighted by Gasteiger charge is 2.17. The van der Waals surface area contributed by atoms with Crippen LogP contribution in [0.4, 0.5) is 5.69 Å². The van der Waals surface area contributed by atoms with E-state index in [0.717, 1.165) is 17.3 Å². The molecule has 2 N–H and O–H groups in total. The second-order valence-electron chi connectivity index (χ2n) is 8.10. The molecule has 3 aromatic rings. The highest BCUT2D eigenvalue weighted by Crippen LogP contribution is 2.27. The largest absolute Gasteiger partial charge is 0.497 e. The van der Waals surface area contributed by atoms with Crippen LogP contribution in [-0.2, 0) is 10.2 Å². The second kappa shape index (κ2) is 9.71. The van der Waals surface area contributed by atoms with Gasteiger partial charge in [-0.05, 0) is 35.2 Å². The minimum atomic E-state index is -0.532. The number of aromatic nitrogens is 2. The summed E-state index contributed by atoms with van der Waals surface area (Å²) in [7, 11) is 1.57. The molecule has 1 aromatic heterocycles. The van der Waals surface area contributed by atoms with Gasteiger partial charge in [0.2, 0.25) is 5.91 Å². The molecule has 164 valence electrons. The van der Waals surface area contributed by atoms with Crippen molar-refractivity contribution in [3.05, 3.63) is 70.0 Å². The number of carbonyl (C=O) groups is 1.